The smallest absolute Gasteiger partial charge is 0.273 e. The Labute approximate surface area is 82.9 Å². The monoisotopic (exact) mass is 200 g/mol. The van der Waals surface area contributed by atoms with E-state index in [0.29, 0.717) is 11.1 Å². The van der Waals surface area contributed by atoms with Gasteiger partial charge >= 0.3 is 0 Å². The van der Waals surface area contributed by atoms with E-state index in [-0.39, 0.29) is 5.54 Å². The van der Waals surface area contributed by atoms with E-state index in [1.165, 1.54) is 11.3 Å². The zero-order valence-corrected chi connectivity index (χ0v) is 9.31. The van der Waals surface area contributed by atoms with Gasteiger partial charge in [-0.15, -0.1) is 0 Å². The maximum atomic E-state index is 6.14. The maximum Gasteiger partial charge on any atom is 0.273 e. The Kier molecular flexibility index (Phi) is 2.93. The number of rotatable bonds is 3. The summed E-state index contributed by atoms with van der Waals surface area (Å²) in [6.45, 7) is 6.17. The minimum absolute atomic E-state index is 0.360. The second kappa shape index (κ2) is 3.64. The van der Waals surface area contributed by atoms with Crippen molar-refractivity contribution in [3.8, 4) is 5.19 Å². The normalized spacial score (nSPS) is 15.8. The molecule has 2 N–H and O–H groups in total. The molecule has 1 aromatic rings. The van der Waals surface area contributed by atoms with Crippen molar-refractivity contribution >= 4 is 11.3 Å². The van der Waals surface area contributed by atoms with Crippen molar-refractivity contribution in [3.63, 3.8) is 0 Å². The summed E-state index contributed by atoms with van der Waals surface area (Å²) in [5, 5.41) is 2.63. The molecule has 0 aromatic carbocycles. The van der Waals surface area contributed by atoms with Crippen molar-refractivity contribution in [3.05, 3.63) is 11.1 Å². The number of methoxy groups -OCH3 is 1. The van der Waals surface area contributed by atoms with Crippen LogP contribution in [0.5, 0.6) is 5.19 Å². The summed E-state index contributed by atoms with van der Waals surface area (Å²) in [6.07, 6.45) is 0. The number of nitrogens with two attached hydrogens (primary N) is 1. The van der Waals surface area contributed by atoms with E-state index >= 15 is 0 Å². The fourth-order valence-electron chi connectivity index (χ4n) is 0.894. The van der Waals surface area contributed by atoms with Gasteiger partial charge in [0.05, 0.1) is 18.3 Å². The molecular formula is C9H16N2OS. The van der Waals surface area contributed by atoms with E-state index in [0.717, 1.165) is 5.69 Å². The van der Waals surface area contributed by atoms with Gasteiger partial charge in [-0.25, -0.2) is 4.98 Å². The van der Waals surface area contributed by atoms with Crippen molar-refractivity contribution in [2.24, 2.45) is 11.7 Å². The zero-order chi connectivity index (χ0) is 10.1. The predicted molar refractivity (Wildman–Crippen MR) is 55.0 cm³/mol. The van der Waals surface area contributed by atoms with Gasteiger partial charge < -0.3 is 10.5 Å². The van der Waals surface area contributed by atoms with Crippen LogP contribution >= 0.6 is 11.3 Å². The molecule has 0 radical (unpaired) electrons. The van der Waals surface area contributed by atoms with Gasteiger partial charge in [0.2, 0.25) is 0 Å². The first-order valence-corrected chi connectivity index (χ1v) is 5.15. The topological polar surface area (TPSA) is 48.1 Å². The van der Waals surface area contributed by atoms with Crippen LogP contribution in [0.1, 0.15) is 26.5 Å². The third-order valence-corrected chi connectivity index (χ3v) is 3.21. The van der Waals surface area contributed by atoms with E-state index in [1.54, 1.807) is 7.11 Å². The Morgan fingerprint density at radius 3 is 2.62 bits per heavy atom. The molecule has 4 heteroatoms. The number of ether oxygens (including phenoxy) is 1. The lowest BCUT2D eigenvalue weighted by Gasteiger charge is -2.26. The van der Waals surface area contributed by atoms with Crippen LogP contribution in [0, 0.1) is 5.92 Å². The minimum atomic E-state index is -0.368. The van der Waals surface area contributed by atoms with Crippen LogP contribution in [0.25, 0.3) is 0 Å². The SMILES string of the molecule is COc1nc(C(C)(N)C(C)C)cs1. The molecule has 0 aliphatic heterocycles. The Hall–Kier alpha value is -0.610. The summed E-state index contributed by atoms with van der Waals surface area (Å²) in [7, 11) is 1.62. The molecule has 0 spiro atoms. The second-order valence-electron chi connectivity index (χ2n) is 3.64. The molecule has 0 saturated heterocycles. The molecule has 0 saturated carbocycles. The lowest BCUT2D eigenvalue weighted by molar-refractivity contribution is 0.336. The summed E-state index contributed by atoms with van der Waals surface area (Å²) in [5.41, 5.74) is 6.68. The first kappa shape index (κ1) is 10.5. The highest BCUT2D eigenvalue weighted by Gasteiger charge is 2.28. The van der Waals surface area contributed by atoms with E-state index < -0.39 is 0 Å². The van der Waals surface area contributed by atoms with Crippen LogP contribution in [-0.2, 0) is 5.54 Å². The highest BCUT2D eigenvalue weighted by atomic mass is 32.1. The molecule has 0 fully saturated rings. The molecule has 3 nitrogen and oxygen atoms in total. The van der Waals surface area contributed by atoms with Crippen molar-refractivity contribution in [1.82, 2.24) is 4.98 Å². The van der Waals surface area contributed by atoms with Crippen LogP contribution in [0.15, 0.2) is 5.38 Å². The average Bonchev–Trinajstić information content (AvgIpc) is 2.51. The van der Waals surface area contributed by atoms with E-state index in [1.807, 2.05) is 12.3 Å². The molecule has 1 aromatic heterocycles. The Bertz CT molecular complexity index is 281. The highest BCUT2D eigenvalue weighted by Crippen LogP contribution is 2.29. The summed E-state index contributed by atoms with van der Waals surface area (Å²) in [4.78, 5) is 4.29. The van der Waals surface area contributed by atoms with Crippen molar-refractivity contribution < 1.29 is 4.74 Å². The minimum Gasteiger partial charge on any atom is -0.473 e. The molecule has 13 heavy (non-hydrogen) atoms. The molecule has 0 bridgehead atoms. The molecule has 0 aliphatic rings. The van der Waals surface area contributed by atoms with Gasteiger partial charge in [-0.1, -0.05) is 25.2 Å². The molecular weight excluding hydrogens is 184 g/mol. The quantitative estimate of drug-likeness (QED) is 0.811. The van der Waals surface area contributed by atoms with Crippen LogP contribution < -0.4 is 10.5 Å². The average molecular weight is 200 g/mol. The van der Waals surface area contributed by atoms with E-state index in [4.69, 9.17) is 10.5 Å². The Balaban J connectivity index is 2.93. The fraction of sp³-hybridized carbons (Fsp3) is 0.667. The lowest BCUT2D eigenvalue weighted by Crippen LogP contribution is -2.38. The van der Waals surface area contributed by atoms with Gasteiger partial charge in [-0.2, -0.15) is 0 Å². The third-order valence-electron chi connectivity index (χ3n) is 2.41. The third kappa shape index (κ3) is 2.00. The first-order chi connectivity index (χ1) is 5.98. The summed E-state index contributed by atoms with van der Waals surface area (Å²) >= 11 is 1.48. The molecule has 1 atom stereocenters. The molecule has 0 amide bonds. The lowest BCUT2D eigenvalue weighted by atomic mass is 9.87. The van der Waals surface area contributed by atoms with Gasteiger partial charge in [0, 0.05) is 5.38 Å². The van der Waals surface area contributed by atoms with Crippen LogP contribution in [0.3, 0.4) is 0 Å². The van der Waals surface area contributed by atoms with Gasteiger partial charge in [0.15, 0.2) is 0 Å². The fourth-order valence-corrected chi connectivity index (χ4v) is 1.66. The van der Waals surface area contributed by atoms with Gasteiger partial charge in [0.25, 0.3) is 5.19 Å². The Morgan fingerprint density at radius 1 is 1.62 bits per heavy atom. The largest absolute Gasteiger partial charge is 0.473 e. The number of hydrogen-bond donors (Lipinski definition) is 1. The maximum absolute atomic E-state index is 6.14. The second-order valence-corrected chi connectivity index (χ2v) is 4.46. The van der Waals surface area contributed by atoms with Crippen LogP contribution in [0.2, 0.25) is 0 Å². The molecule has 1 rings (SSSR count). The molecule has 74 valence electrons. The van der Waals surface area contributed by atoms with Crippen molar-refractivity contribution in [2.45, 2.75) is 26.3 Å². The number of aromatic nitrogens is 1. The molecule has 0 aliphatic carbocycles. The summed E-state index contributed by atoms with van der Waals surface area (Å²) in [6, 6.07) is 0. The standard InChI is InChI=1S/C9H16N2OS/c1-6(2)9(3,10)7-5-13-8(11-7)12-4/h5-6H,10H2,1-4H3. The molecule has 1 unspecified atom stereocenters. The van der Waals surface area contributed by atoms with Gasteiger partial charge in [-0.3, -0.25) is 0 Å². The number of hydrogen-bond acceptors (Lipinski definition) is 4. The van der Waals surface area contributed by atoms with Crippen LogP contribution in [0.4, 0.5) is 0 Å². The number of nitrogens with zero attached hydrogens (tertiary/aromatic N) is 1. The van der Waals surface area contributed by atoms with Crippen LogP contribution in [-0.4, -0.2) is 12.1 Å². The van der Waals surface area contributed by atoms with Gasteiger partial charge in [0.1, 0.15) is 0 Å². The van der Waals surface area contributed by atoms with Gasteiger partial charge in [-0.05, 0) is 12.8 Å². The Morgan fingerprint density at radius 2 is 2.23 bits per heavy atom. The first-order valence-electron chi connectivity index (χ1n) is 4.27. The summed E-state index contributed by atoms with van der Waals surface area (Å²) < 4.78 is 5.02. The highest BCUT2D eigenvalue weighted by molar-refractivity contribution is 7.11. The molecule has 1 heterocycles. The van der Waals surface area contributed by atoms with E-state index in [2.05, 4.69) is 18.8 Å². The zero-order valence-electron chi connectivity index (χ0n) is 8.50. The summed E-state index contributed by atoms with van der Waals surface area (Å²) in [5.74, 6) is 0.360. The van der Waals surface area contributed by atoms with Crippen molar-refractivity contribution in [1.29, 1.82) is 0 Å². The van der Waals surface area contributed by atoms with Crippen molar-refractivity contribution in [2.75, 3.05) is 7.11 Å². The predicted octanol–water partition coefficient (Wildman–Crippen LogP) is 1.98. The number of thiazole rings is 1. The van der Waals surface area contributed by atoms with E-state index in [9.17, 15) is 0 Å².